The maximum absolute atomic E-state index is 12.6. The summed E-state index contributed by atoms with van der Waals surface area (Å²) in [6, 6.07) is 2.52. The van der Waals surface area contributed by atoms with Crippen LogP contribution in [0.15, 0.2) is 18.2 Å². The Morgan fingerprint density at radius 2 is 2.00 bits per heavy atom. The third kappa shape index (κ3) is 3.70. The Kier molecular flexibility index (Phi) is 4.06. The molecule has 0 atom stereocenters. The van der Waals surface area contributed by atoms with E-state index in [-0.39, 0.29) is 10.7 Å². The van der Waals surface area contributed by atoms with Gasteiger partial charge in [0.25, 0.3) is 0 Å². The molecule has 1 aromatic rings. The molecule has 0 saturated heterocycles. The van der Waals surface area contributed by atoms with Crippen molar-refractivity contribution in [1.82, 2.24) is 10.7 Å². The summed E-state index contributed by atoms with van der Waals surface area (Å²) in [6.07, 6.45) is -4.56. The molecule has 8 heteroatoms. The van der Waals surface area contributed by atoms with Crippen LogP contribution < -0.4 is 16.2 Å². The fourth-order valence-corrected chi connectivity index (χ4v) is 1.22. The highest BCUT2D eigenvalue weighted by atomic mass is 35.5. The largest absolute Gasteiger partial charge is 0.418 e. The van der Waals surface area contributed by atoms with Gasteiger partial charge in [-0.1, -0.05) is 11.6 Å². The summed E-state index contributed by atoms with van der Waals surface area (Å²) in [7, 11) is 1.34. The van der Waals surface area contributed by atoms with Crippen LogP contribution in [-0.4, -0.2) is 13.1 Å². The second-order valence-electron chi connectivity index (χ2n) is 3.02. The van der Waals surface area contributed by atoms with E-state index in [1.807, 2.05) is 5.43 Å². The van der Waals surface area contributed by atoms with Crippen LogP contribution in [0.3, 0.4) is 0 Å². The summed E-state index contributed by atoms with van der Waals surface area (Å²) < 4.78 is 37.8. The first kappa shape index (κ1) is 13.4. The van der Waals surface area contributed by atoms with Gasteiger partial charge >= 0.3 is 12.2 Å². The first-order chi connectivity index (χ1) is 7.84. The number of alkyl halides is 3. The predicted molar refractivity (Wildman–Crippen MR) is 57.7 cm³/mol. The van der Waals surface area contributed by atoms with Gasteiger partial charge in [0.2, 0.25) is 0 Å². The van der Waals surface area contributed by atoms with Gasteiger partial charge in [0.1, 0.15) is 0 Å². The Labute approximate surface area is 100 Å². The molecule has 0 bridgehead atoms. The highest BCUT2D eigenvalue weighted by Gasteiger charge is 2.33. The Hall–Kier alpha value is -1.63. The average Bonchev–Trinajstić information content (AvgIpc) is 2.25. The van der Waals surface area contributed by atoms with Crippen LogP contribution in [-0.2, 0) is 6.18 Å². The molecule has 0 radical (unpaired) electrons. The number of nitrogens with one attached hydrogen (secondary N) is 3. The highest BCUT2D eigenvalue weighted by molar-refractivity contribution is 6.30. The third-order valence-electron chi connectivity index (χ3n) is 1.82. The number of urea groups is 1. The number of amides is 2. The van der Waals surface area contributed by atoms with Crippen LogP contribution in [0.2, 0.25) is 5.02 Å². The van der Waals surface area contributed by atoms with Crippen LogP contribution in [0, 0.1) is 0 Å². The molecule has 0 heterocycles. The van der Waals surface area contributed by atoms with Crippen molar-refractivity contribution in [2.24, 2.45) is 0 Å². The number of carbonyl (C=O) groups excluding carboxylic acids is 1. The Morgan fingerprint density at radius 1 is 1.35 bits per heavy atom. The van der Waals surface area contributed by atoms with E-state index in [1.54, 1.807) is 0 Å². The van der Waals surface area contributed by atoms with Crippen LogP contribution in [0.4, 0.5) is 23.7 Å². The van der Waals surface area contributed by atoms with Crippen molar-refractivity contribution in [3.05, 3.63) is 28.8 Å². The van der Waals surface area contributed by atoms with Crippen molar-refractivity contribution in [2.45, 2.75) is 6.18 Å². The molecule has 2 amide bonds. The topological polar surface area (TPSA) is 53.2 Å². The first-order valence-electron chi connectivity index (χ1n) is 4.45. The minimum Gasteiger partial charge on any atom is -0.340 e. The van der Waals surface area contributed by atoms with E-state index in [1.165, 1.54) is 13.1 Å². The Morgan fingerprint density at radius 3 is 2.53 bits per heavy atom. The molecule has 0 aliphatic carbocycles. The maximum Gasteiger partial charge on any atom is 0.418 e. The molecule has 0 aliphatic rings. The smallest absolute Gasteiger partial charge is 0.340 e. The molecule has 0 aliphatic heterocycles. The number of carbonyl (C=O) groups is 1. The van der Waals surface area contributed by atoms with Gasteiger partial charge in [0.15, 0.2) is 0 Å². The number of hydrogen-bond donors (Lipinski definition) is 3. The van der Waals surface area contributed by atoms with Gasteiger partial charge in [0, 0.05) is 12.1 Å². The van der Waals surface area contributed by atoms with E-state index >= 15 is 0 Å². The van der Waals surface area contributed by atoms with Gasteiger partial charge < -0.3 is 5.32 Å². The summed E-state index contributed by atoms with van der Waals surface area (Å²) in [5.74, 6) is 0. The molecule has 0 unspecified atom stereocenters. The molecule has 0 saturated carbocycles. The van der Waals surface area contributed by atoms with Gasteiger partial charge in [-0.15, -0.1) is 0 Å². The Bertz CT molecular complexity index is 422. The minimum absolute atomic E-state index is 0.0391. The molecule has 94 valence electrons. The van der Waals surface area contributed by atoms with Gasteiger partial charge in [-0.25, -0.2) is 4.79 Å². The summed E-state index contributed by atoms with van der Waals surface area (Å²) >= 11 is 5.49. The number of rotatable bonds is 2. The fraction of sp³-hybridized carbons (Fsp3) is 0.222. The molecular formula is C9H9ClF3N3O. The van der Waals surface area contributed by atoms with E-state index in [0.717, 1.165) is 12.1 Å². The number of halogens is 4. The lowest BCUT2D eigenvalue weighted by molar-refractivity contribution is -0.137. The van der Waals surface area contributed by atoms with E-state index < -0.39 is 17.8 Å². The zero-order chi connectivity index (χ0) is 13.1. The average molecular weight is 268 g/mol. The molecule has 0 aromatic heterocycles. The van der Waals surface area contributed by atoms with Crippen molar-refractivity contribution in [2.75, 3.05) is 12.5 Å². The van der Waals surface area contributed by atoms with Crippen LogP contribution in [0.25, 0.3) is 0 Å². The fourth-order valence-electron chi connectivity index (χ4n) is 1.05. The predicted octanol–water partition coefficient (Wildman–Crippen LogP) is 2.61. The summed E-state index contributed by atoms with van der Waals surface area (Å²) in [6.45, 7) is 0. The van der Waals surface area contributed by atoms with Crippen molar-refractivity contribution in [3.63, 3.8) is 0 Å². The minimum atomic E-state index is -4.56. The lowest BCUT2D eigenvalue weighted by Gasteiger charge is -2.15. The third-order valence-corrected chi connectivity index (χ3v) is 2.06. The van der Waals surface area contributed by atoms with Crippen LogP contribution >= 0.6 is 11.6 Å². The number of hydrogen-bond acceptors (Lipinski definition) is 2. The SMILES string of the molecule is CNC(=O)NNc1ccc(Cl)cc1C(F)(F)F. The zero-order valence-corrected chi connectivity index (χ0v) is 9.41. The summed E-state index contributed by atoms with van der Waals surface area (Å²) in [5.41, 5.74) is 2.95. The lowest BCUT2D eigenvalue weighted by Crippen LogP contribution is -2.37. The molecule has 3 N–H and O–H groups in total. The quantitative estimate of drug-likeness (QED) is 0.722. The molecular weight excluding hydrogens is 259 g/mol. The van der Waals surface area contributed by atoms with E-state index in [2.05, 4.69) is 10.7 Å². The van der Waals surface area contributed by atoms with Crippen molar-refractivity contribution in [3.8, 4) is 0 Å². The molecule has 17 heavy (non-hydrogen) atoms. The molecule has 4 nitrogen and oxygen atoms in total. The second-order valence-corrected chi connectivity index (χ2v) is 3.45. The van der Waals surface area contributed by atoms with E-state index in [4.69, 9.17) is 11.6 Å². The zero-order valence-electron chi connectivity index (χ0n) is 8.65. The van der Waals surface area contributed by atoms with Crippen molar-refractivity contribution < 1.29 is 18.0 Å². The van der Waals surface area contributed by atoms with Crippen LogP contribution in [0.5, 0.6) is 0 Å². The first-order valence-corrected chi connectivity index (χ1v) is 4.83. The highest BCUT2D eigenvalue weighted by Crippen LogP contribution is 2.36. The monoisotopic (exact) mass is 267 g/mol. The standard InChI is InChI=1S/C9H9ClF3N3O/c1-14-8(17)16-15-7-3-2-5(10)4-6(7)9(11,12)13/h2-4,15H,1H3,(H2,14,16,17). The number of hydrazine groups is 1. The summed E-state index contributed by atoms with van der Waals surface area (Å²) in [4.78, 5) is 10.8. The van der Waals surface area contributed by atoms with E-state index in [9.17, 15) is 18.0 Å². The molecule has 1 rings (SSSR count). The van der Waals surface area contributed by atoms with Gasteiger partial charge in [-0.2, -0.15) is 13.2 Å². The number of anilines is 1. The van der Waals surface area contributed by atoms with Gasteiger partial charge in [-0.3, -0.25) is 10.9 Å². The summed E-state index contributed by atoms with van der Waals surface area (Å²) in [5, 5.41) is 2.15. The maximum atomic E-state index is 12.6. The van der Waals surface area contributed by atoms with Crippen LogP contribution in [0.1, 0.15) is 5.56 Å². The van der Waals surface area contributed by atoms with Crippen molar-refractivity contribution >= 4 is 23.3 Å². The number of benzene rings is 1. The molecule has 0 fully saturated rings. The van der Waals surface area contributed by atoms with Crippen molar-refractivity contribution in [1.29, 1.82) is 0 Å². The normalized spacial score (nSPS) is 10.9. The Balaban J connectivity index is 2.95. The van der Waals surface area contributed by atoms with Gasteiger partial charge in [-0.05, 0) is 18.2 Å². The second kappa shape index (κ2) is 5.13. The molecule has 0 spiro atoms. The molecule has 1 aromatic carbocycles. The lowest BCUT2D eigenvalue weighted by atomic mass is 10.2. The van der Waals surface area contributed by atoms with Gasteiger partial charge in [0.05, 0.1) is 11.3 Å². The van der Waals surface area contributed by atoms with E-state index in [0.29, 0.717) is 0 Å².